The van der Waals surface area contributed by atoms with Gasteiger partial charge >= 0.3 is 5.97 Å². The predicted molar refractivity (Wildman–Crippen MR) is 77.5 cm³/mol. The Morgan fingerprint density at radius 2 is 1.89 bits per heavy atom. The van der Waals surface area contributed by atoms with Crippen LogP contribution >= 0.6 is 0 Å². The van der Waals surface area contributed by atoms with E-state index in [1.807, 2.05) is 34.7 Å². The van der Waals surface area contributed by atoms with Crippen molar-refractivity contribution in [1.82, 2.24) is 10.2 Å². The molecule has 2 N–H and O–H groups in total. The van der Waals surface area contributed by atoms with E-state index in [4.69, 9.17) is 4.74 Å². The molecule has 0 fully saturated rings. The maximum absolute atomic E-state index is 11.4. The first-order valence-electron chi connectivity index (χ1n) is 6.98. The Balaban J connectivity index is 4.14. The summed E-state index contributed by atoms with van der Waals surface area (Å²) in [5.74, 6) is -0.798. The number of carbonyl (C=O) groups is 1. The average molecular weight is 274 g/mol. The van der Waals surface area contributed by atoms with Gasteiger partial charge in [-0.2, -0.15) is 0 Å². The SMILES string of the molecule is CC(C)NC(C)(CCN(C)CCOC(C)C)C(=O)O. The van der Waals surface area contributed by atoms with Crippen LogP contribution in [0.3, 0.4) is 0 Å². The number of aliphatic carboxylic acids is 1. The highest BCUT2D eigenvalue weighted by Gasteiger charge is 2.33. The Hall–Kier alpha value is -0.650. The number of likely N-dealkylation sites (N-methyl/N-ethyl adjacent to an activating group) is 1. The van der Waals surface area contributed by atoms with Crippen molar-refractivity contribution in [3.8, 4) is 0 Å². The monoisotopic (exact) mass is 274 g/mol. The zero-order chi connectivity index (χ0) is 15.1. The molecule has 5 heteroatoms. The van der Waals surface area contributed by atoms with Gasteiger partial charge in [0.05, 0.1) is 12.7 Å². The third-order valence-electron chi connectivity index (χ3n) is 3.00. The van der Waals surface area contributed by atoms with Crippen molar-refractivity contribution in [2.45, 2.75) is 58.7 Å². The average Bonchev–Trinajstić information content (AvgIpc) is 2.24. The van der Waals surface area contributed by atoms with Gasteiger partial charge in [-0.05, 0) is 48.1 Å². The van der Waals surface area contributed by atoms with Gasteiger partial charge in [-0.1, -0.05) is 0 Å². The standard InChI is InChI=1S/C14H30N2O3/c1-11(2)15-14(5,13(17)18)7-8-16(6)9-10-19-12(3)4/h11-12,15H,7-10H2,1-6H3,(H,17,18). The summed E-state index contributed by atoms with van der Waals surface area (Å²) in [6, 6.07) is 0.149. The number of carboxylic acids is 1. The van der Waals surface area contributed by atoms with E-state index in [0.717, 1.165) is 13.1 Å². The lowest BCUT2D eigenvalue weighted by Gasteiger charge is -2.30. The summed E-state index contributed by atoms with van der Waals surface area (Å²) in [7, 11) is 1.99. The van der Waals surface area contributed by atoms with Crippen molar-refractivity contribution >= 4 is 5.97 Å². The van der Waals surface area contributed by atoms with Crippen molar-refractivity contribution in [2.24, 2.45) is 0 Å². The van der Waals surface area contributed by atoms with E-state index in [1.54, 1.807) is 6.92 Å². The highest BCUT2D eigenvalue weighted by Crippen LogP contribution is 2.12. The first-order chi connectivity index (χ1) is 8.67. The van der Waals surface area contributed by atoms with Crippen LogP contribution in [0.15, 0.2) is 0 Å². The molecule has 0 rings (SSSR count). The molecule has 1 atom stereocenters. The normalized spacial score (nSPS) is 15.2. The highest BCUT2D eigenvalue weighted by atomic mass is 16.5. The number of ether oxygens (including phenoxy) is 1. The zero-order valence-electron chi connectivity index (χ0n) is 13.2. The number of carboxylic acid groups (broad SMARTS) is 1. The van der Waals surface area contributed by atoms with Gasteiger partial charge in [0.15, 0.2) is 0 Å². The summed E-state index contributed by atoms with van der Waals surface area (Å²) in [5.41, 5.74) is -0.874. The van der Waals surface area contributed by atoms with E-state index in [-0.39, 0.29) is 12.1 Å². The number of rotatable bonds is 10. The van der Waals surface area contributed by atoms with Crippen LogP contribution in [-0.2, 0) is 9.53 Å². The summed E-state index contributed by atoms with van der Waals surface area (Å²) in [6.07, 6.45) is 0.805. The second-order valence-corrected chi connectivity index (χ2v) is 5.91. The Morgan fingerprint density at radius 1 is 1.32 bits per heavy atom. The van der Waals surface area contributed by atoms with Gasteiger partial charge in [0.1, 0.15) is 5.54 Å². The maximum Gasteiger partial charge on any atom is 0.323 e. The third-order valence-corrected chi connectivity index (χ3v) is 3.00. The molecule has 1 unspecified atom stereocenters. The third kappa shape index (κ3) is 8.18. The van der Waals surface area contributed by atoms with Crippen molar-refractivity contribution in [2.75, 3.05) is 26.7 Å². The molecule has 0 bridgehead atoms. The molecule has 19 heavy (non-hydrogen) atoms. The molecular formula is C14H30N2O3. The number of nitrogens with one attached hydrogen (secondary N) is 1. The van der Waals surface area contributed by atoms with Gasteiger partial charge in [0, 0.05) is 19.1 Å². The van der Waals surface area contributed by atoms with Crippen LogP contribution < -0.4 is 5.32 Å². The first kappa shape index (κ1) is 18.4. The Morgan fingerprint density at radius 3 is 2.32 bits per heavy atom. The molecule has 0 aromatic rings. The lowest BCUT2D eigenvalue weighted by atomic mass is 9.96. The summed E-state index contributed by atoms with van der Waals surface area (Å²) in [4.78, 5) is 13.5. The van der Waals surface area contributed by atoms with E-state index in [1.165, 1.54) is 0 Å². The molecule has 0 aliphatic heterocycles. The molecule has 0 aromatic heterocycles. The minimum atomic E-state index is -0.874. The fourth-order valence-electron chi connectivity index (χ4n) is 1.85. The van der Waals surface area contributed by atoms with Crippen LogP contribution in [0, 0.1) is 0 Å². The second kappa shape index (κ2) is 8.51. The van der Waals surface area contributed by atoms with E-state index < -0.39 is 11.5 Å². The van der Waals surface area contributed by atoms with Crippen LogP contribution in [0.4, 0.5) is 0 Å². The molecule has 0 aromatic carbocycles. The Kier molecular flexibility index (Phi) is 8.22. The van der Waals surface area contributed by atoms with Gasteiger partial charge < -0.3 is 14.7 Å². The van der Waals surface area contributed by atoms with Crippen LogP contribution in [0.2, 0.25) is 0 Å². The van der Waals surface area contributed by atoms with Crippen molar-refractivity contribution in [3.05, 3.63) is 0 Å². The quantitative estimate of drug-likeness (QED) is 0.633. The molecule has 0 saturated heterocycles. The maximum atomic E-state index is 11.4. The van der Waals surface area contributed by atoms with E-state index in [0.29, 0.717) is 13.0 Å². The molecule has 0 aliphatic carbocycles. The van der Waals surface area contributed by atoms with Crippen molar-refractivity contribution < 1.29 is 14.6 Å². The Labute approximate surface area is 117 Å². The van der Waals surface area contributed by atoms with Gasteiger partial charge in [-0.3, -0.25) is 10.1 Å². The number of nitrogens with zero attached hydrogens (tertiary/aromatic N) is 1. The van der Waals surface area contributed by atoms with E-state index in [9.17, 15) is 9.90 Å². The van der Waals surface area contributed by atoms with Gasteiger partial charge in [0.2, 0.25) is 0 Å². The summed E-state index contributed by atoms with van der Waals surface area (Å²) in [6.45, 7) is 11.9. The van der Waals surface area contributed by atoms with Crippen LogP contribution in [0.25, 0.3) is 0 Å². The van der Waals surface area contributed by atoms with Crippen LogP contribution in [-0.4, -0.2) is 60.4 Å². The molecule has 114 valence electrons. The molecule has 0 amide bonds. The van der Waals surface area contributed by atoms with Crippen molar-refractivity contribution in [3.63, 3.8) is 0 Å². The van der Waals surface area contributed by atoms with Gasteiger partial charge in [0.25, 0.3) is 0 Å². The van der Waals surface area contributed by atoms with Crippen molar-refractivity contribution in [1.29, 1.82) is 0 Å². The van der Waals surface area contributed by atoms with E-state index in [2.05, 4.69) is 10.2 Å². The molecule has 0 saturated carbocycles. The van der Waals surface area contributed by atoms with E-state index >= 15 is 0 Å². The van der Waals surface area contributed by atoms with Crippen LogP contribution in [0.1, 0.15) is 41.0 Å². The van der Waals surface area contributed by atoms with Gasteiger partial charge in [-0.15, -0.1) is 0 Å². The molecule has 5 nitrogen and oxygen atoms in total. The molecule has 0 spiro atoms. The summed E-state index contributed by atoms with van der Waals surface area (Å²) < 4.78 is 5.48. The van der Waals surface area contributed by atoms with Crippen LogP contribution in [0.5, 0.6) is 0 Å². The Bertz CT molecular complexity index is 269. The number of hydrogen-bond acceptors (Lipinski definition) is 4. The topological polar surface area (TPSA) is 61.8 Å². The molecule has 0 heterocycles. The lowest BCUT2D eigenvalue weighted by molar-refractivity contribution is -0.144. The minimum Gasteiger partial charge on any atom is -0.480 e. The second-order valence-electron chi connectivity index (χ2n) is 5.91. The lowest BCUT2D eigenvalue weighted by Crippen LogP contribution is -2.53. The first-order valence-corrected chi connectivity index (χ1v) is 6.98. The zero-order valence-corrected chi connectivity index (χ0v) is 13.2. The fraction of sp³-hybridized carbons (Fsp3) is 0.929. The minimum absolute atomic E-state index is 0.149. The highest BCUT2D eigenvalue weighted by molar-refractivity contribution is 5.78. The molecule has 0 radical (unpaired) electrons. The largest absolute Gasteiger partial charge is 0.480 e. The summed E-state index contributed by atoms with van der Waals surface area (Å²) in [5, 5.41) is 12.5. The van der Waals surface area contributed by atoms with Gasteiger partial charge in [-0.25, -0.2) is 0 Å². The molecular weight excluding hydrogens is 244 g/mol. The fourth-order valence-corrected chi connectivity index (χ4v) is 1.85. The summed E-state index contributed by atoms with van der Waals surface area (Å²) >= 11 is 0. The molecule has 0 aliphatic rings. The number of hydrogen-bond donors (Lipinski definition) is 2. The predicted octanol–water partition coefficient (Wildman–Crippen LogP) is 1.57. The smallest absolute Gasteiger partial charge is 0.323 e.